The Morgan fingerprint density at radius 3 is 2.74 bits per heavy atom. The lowest BCUT2D eigenvalue weighted by atomic mass is 10.0. The molecule has 19 heavy (non-hydrogen) atoms. The summed E-state index contributed by atoms with van der Waals surface area (Å²) in [5, 5.41) is 2.95. The van der Waals surface area contributed by atoms with Crippen molar-refractivity contribution in [2.24, 2.45) is 0 Å². The van der Waals surface area contributed by atoms with Crippen LogP contribution in [0.1, 0.15) is 23.2 Å². The second-order valence-corrected chi connectivity index (χ2v) is 4.45. The highest BCUT2D eigenvalue weighted by Crippen LogP contribution is 2.12. The van der Waals surface area contributed by atoms with Gasteiger partial charge in [0, 0.05) is 31.5 Å². The molecule has 0 saturated carbocycles. The molecule has 0 radical (unpaired) electrons. The monoisotopic (exact) mass is 263 g/mol. The number of hydrogen-bond acceptors (Lipinski definition) is 4. The molecule has 1 saturated heterocycles. The minimum absolute atomic E-state index is 0.0913. The smallest absolute Gasteiger partial charge is 0.409 e. The van der Waals surface area contributed by atoms with E-state index in [1.165, 1.54) is 7.11 Å². The number of likely N-dealkylation sites (tertiary alicyclic amines) is 1. The zero-order chi connectivity index (χ0) is 13.7. The van der Waals surface area contributed by atoms with Gasteiger partial charge in [0.05, 0.1) is 12.7 Å². The van der Waals surface area contributed by atoms with Crippen molar-refractivity contribution in [2.45, 2.75) is 18.9 Å². The molecule has 0 bridgehead atoms. The summed E-state index contributed by atoms with van der Waals surface area (Å²) in [4.78, 5) is 28.8. The number of ether oxygens (including phenoxy) is 1. The molecule has 2 rings (SSSR count). The highest BCUT2D eigenvalue weighted by Gasteiger charge is 2.24. The molecule has 0 aliphatic carbocycles. The first-order valence-corrected chi connectivity index (χ1v) is 6.24. The predicted octanol–water partition coefficient (Wildman–Crippen LogP) is 1.04. The van der Waals surface area contributed by atoms with Gasteiger partial charge in [-0.2, -0.15) is 0 Å². The Kier molecular flexibility index (Phi) is 4.33. The Morgan fingerprint density at radius 2 is 2.16 bits per heavy atom. The van der Waals surface area contributed by atoms with Crippen LogP contribution in [0.25, 0.3) is 0 Å². The Bertz CT molecular complexity index is 442. The van der Waals surface area contributed by atoms with Gasteiger partial charge in [0.15, 0.2) is 0 Å². The second kappa shape index (κ2) is 6.17. The maximum Gasteiger partial charge on any atom is 0.409 e. The Hall–Kier alpha value is -2.11. The largest absolute Gasteiger partial charge is 0.453 e. The quantitative estimate of drug-likeness (QED) is 0.865. The van der Waals surface area contributed by atoms with Crippen LogP contribution in [0.5, 0.6) is 0 Å². The molecule has 2 amide bonds. The molecule has 1 aliphatic heterocycles. The Balaban J connectivity index is 1.83. The van der Waals surface area contributed by atoms with E-state index in [9.17, 15) is 9.59 Å². The fraction of sp³-hybridized carbons (Fsp3) is 0.462. The summed E-state index contributed by atoms with van der Waals surface area (Å²) in [5.74, 6) is -0.121. The van der Waals surface area contributed by atoms with Crippen molar-refractivity contribution < 1.29 is 14.3 Å². The van der Waals surface area contributed by atoms with Crippen LogP contribution in [0, 0.1) is 0 Å². The molecule has 2 heterocycles. The van der Waals surface area contributed by atoms with E-state index < -0.39 is 0 Å². The Morgan fingerprint density at radius 1 is 1.42 bits per heavy atom. The normalized spacial score (nSPS) is 15.9. The molecule has 0 unspecified atom stereocenters. The van der Waals surface area contributed by atoms with Gasteiger partial charge in [0.2, 0.25) is 0 Å². The van der Waals surface area contributed by atoms with Crippen molar-refractivity contribution in [3.05, 3.63) is 30.1 Å². The maximum atomic E-state index is 11.9. The molecule has 1 aromatic heterocycles. The van der Waals surface area contributed by atoms with Gasteiger partial charge in [-0.3, -0.25) is 9.78 Å². The first-order valence-electron chi connectivity index (χ1n) is 6.24. The average Bonchev–Trinajstić information content (AvgIpc) is 2.48. The predicted molar refractivity (Wildman–Crippen MR) is 68.7 cm³/mol. The van der Waals surface area contributed by atoms with Gasteiger partial charge in [-0.1, -0.05) is 0 Å². The number of methoxy groups -OCH3 is 1. The molecule has 102 valence electrons. The Labute approximate surface area is 111 Å². The standard InChI is InChI=1S/C13H17N3O3/c1-19-13(18)16-7-4-11(5-8-16)15-12(17)10-3-2-6-14-9-10/h2-3,6,9,11H,4-5,7-8H2,1H3,(H,15,17). The van der Waals surface area contributed by atoms with E-state index in [4.69, 9.17) is 0 Å². The number of amides is 2. The molecule has 1 fully saturated rings. The highest BCUT2D eigenvalue weighted by atomic mass is 16.5. The molecule has 0 spiro atoms. The van der Waals surface area contributed by atoms with E-state index in [-0.39, 0.29) is 18.0 Å². The number of rotatable bonds is 2. The number of nitrogens with zero attached hydrogens (tertiary/aromatic N) is 2. The molecule has 0 aromatic carbocycles. The van der Waals surface area contributed by atoms with Crippen LogP contribution in [0.3, 0.4) is 0 Å². The molecule has 1 aliphatic rings. The second-order valence-electron chi connectivity index (χ2n) is 4.45. The SMILES string of the molecule is COC(=O)N1CCC(NC(=O)c2cccnc2)CC1. The third kappa shape index (κ3) is 3.43. The van der Waals surface area contributed by atoms with Crippen LogP contribution >= 0.6 is 0 Å². The third-order valence-electron chi connectivity index (χ3n) is 3.19. The van der Waals surface area contributed by atoms with E-state index >= 15 is 0 Å². The number of carbonyl (C=O) groups is 2. The molecular weight excluding hydrogens is 246 g/mol. The van der Waals surface area contributed by atoms with Crippen LogP contribution < -0.4 is 5.32 Å². The van der Waals surface area contributed by atoms with Gasteiger partial charge < -0.3 is 15.0 Å². The first-order chi connectivity index (χ1) is 9.20. The molecule has 6 nitrogen and oxygen atoms in total. The zero-order valence-electron chi connectivity index (χ0n) is 10.8. The lowest BCUT2D eigenvalue weighted by Crippen LogP contribution is -2.46. The lowest BCUT2D eigenvalue weighted by Gasteiger charge is -2.31. The molecule has 6 heteroatoms. The van der Waals surface area contributed by atoms with E-state index in [1.54, 1.807) is 29.4 Å². The minimum atomic E-state index is -0.308. The number of hydrogen-bond donors (Lipinski definition) is 1. The topological polar surface area (TPSA) is 71.5 Å². The van der Waals surface area contributed by atoms with Crippen molar-refractivity contribution in [3.8, 4) is 0 Å². The van der Waals surface area contributed by atoms with Crippen LogP contribution in [-0.2, 0) is 4.74 Å². The average molecular weight is 263 g/mol. The number of carbonyl (C=O) groups excluding carboxylic acids is 2. The van der Waals surface area contributed by atoms with Crippen LogP contribution in [0.15, 0.2) is 24.5 Å². The van der Waals surface area contributed by atoms with Crippen LogP contribution in [0.4, 0.5) is 4.79 Å². The summed E-state index contributed by atoms with van der Waals surface area (Å²) >= 11 is 0. The van der Waals surface area contributed by atoms with E-state index in [0.29, 0.717) is 18.7 Å². The summed E-state index contributed by atoms with van der Waals surface area (Å²) in [7, 11) is 1.37. The van der Waals surface area contributed by atoms with Gasteiger partial charge in [-0.05, 0) is 25.0 Å². The van der Waals surface area contributed by atoms with Crippen molar-refractivity contribution in [1.82, 2.24) is 15.2 Å². The summed E-state index contributed by atoms with van der Waals surface area (Å²) in [6.45, 7) is 1.20. The van der Waals surface area contributed by atoms with Crippen LogP contribution in [-0.4, -0.2) is 48.1 Å². The number of aromatic nitrogens is 1. The lowest BCUT2D eigenvalue weighted by molar-refractivity contribution is 0.0892. The number of nitrogens with one attached hydrogen (secondary N) is 1. The molecular formula is C13H17N3O3. The van der Waals surface area contributed by atoms with Crippen molar-refractivity contribution in [2.75, 3.05) is 20.2 Å². The van der Waals surface area contributed by atoms with E-state index in [0.717, 1.165) is 12.8 Å². The van der Waals surface area contributed by atoms with Gasteiger partial charge in [0.25, 0.3) is 5.91 Å². The molecule has 1 aromatic rings. The third-order valence-corrected chi connectivity index (χ3v) is 3.19. The van der Waals surface area contributed by atoms with Crippen LogP contribution in [0.2, 0.25) is 0 Å². The maximum absolute atomic E-state index is 11.9. The summed E-state index contributed by atoms with van der Waals surface area (Å²) < 4.78 is 4.67. The molecule has 0 atom stereocenters. The van der Waals surface area contributed by atoms with Gasteiger partial charge in [-0.25, -0.2) is 4.79 Å². The van der Waals surface area contributed by atoms with E-state index in [1.807, 2.05) is 0 Å². The fourth-order valence-corrected chi connectivity index (χ4v) is 2.10. The fourth-order valence-electron chi connectivity index (χ4n) is 2.10. The van der Waals surface area contributed by atoms with Gasteiger partial charge in [0.1, 0.15) is 0 Å². The number of pyridine rings is 1. The summed E-state index contributed by atoms with van der Waals surface area (Å²) in [5.41, 5.74) is 0.554. The van der Waals surface area contributed by atoms with Crippen molar-refractivity contribution >= 4 is 12.0 Å². The van der Waals surface area contributed by atoms with Gasteiger partial charge >= 0.3 is 6.09 Å². The van der Waals surface area contributed by atoms with Crippen molar-refractivity contribution in [3.63, 3.8) is 0 Å². The first kappa shape index (κ1) is 13.3. The highest BCUT2D eigenvalue weighted by molar-refractivity contribution is 5.94. The zero-order valence-corrected chi connectivity index (χ0v) is 10.8. The summed E-state index contributed by atoms with van der Waals surface area (Å²) in [6.07, 6.45) is 4.34. The van der Waals surface area contributed by atoms with E-state index in [2.05, 4.69) is 15.0 Å². The summed E-state index contributed by atoms with van der Waals surface area (Å²) in [6, 6.07) is 3.55. The number of piperidine rings is 1. The van der Waals surface area contributed by atoms with Crippen molar-refractivity contribution in [1.29, 1.82) is 0 Å². The minimum Gasteiger partial charge on any atom is -0.453 e. The van der Waals surface area contributed by atoms with Gasteiger partial charge in [-0.15, -0.1) is 0 Å². The molecule has 1 N–H and O–H groups in total.